The standard InChI is InChI=1S/C12H22N2O2/c1-11(2,3)16-10(15)14-7-9-5-6-12(14,4)8-13-9/h9,13H,5-8H2,1-4H3/t9-,12+/m0/s1. The highest BCUT2D eigenvalue weighted by molar-refractivity contribution is 5.69. The van der Waals surface area contributed by atoms with Crippen molar-refractivity contribution in [3.63, 3.8) is 0 Å². The van der Waals surface area contributed by atoms with Crippen molar-refractivity contribution < 1.29 is 9.53 Å². The first kappa shape index (κ1) is 11.7. The molecule has 3 aliphatic rings. The average Bonchev–Trinajstić information content (AvgIpc) is 2.15. The molecule has 3 rings (SSSR count). The Morgan fingerprint density at radius 1 is 1.50 bits per heavy atom. The van der Waals surface area contributed by atoms with Crippen molar-refractivity contribution in [1.82, 2.24) is 10.2 Å². The molecule has 0 aromatic carbocycles. The minimum absolute atomic E-state index is 0.0584. The summed E-state index contributed by atoms with van der Waals surface area (Å²) in [5.74, 6) is 0. The Hall–Kier alpha value is -0.770. The van der Waals surface area contributed by atoms with E-state index in [0.717, 1.165) is 25.9 Å². The van der Waals surface area contributed by atoms with Crippen molar-refractivity contribution in [2.45, 2.75) is 57.7 Å². The Kier molecular flexibility index (Phi) is 2.65. The number of nitrogens with one attached hydrogen (secondary N) is 1. The molecular weight excluding hydrogens is 204 g/mol. The summed E-state index contributed by atoms with van der Waals surface area (Å²) < 4.78 is 5.45. The zero-order valence-electron chi connectivity index (χ0n) is 10.7. The van der Waals surface area contributed by atoms with Crippen LogP contribution in [0.2, 0.25) is 0 Å². The number of hydrogen-bond acceptors (Lipinski definition) is 3. The van der Waals surface area contributed by atoms with Crippen LogP contribution in [0.15, 0.2) is 0 Å². The fourth-order valence-electron chi connectivity index (χ4n) is 2.48. The van der Waals surface area contributed by atoms with Crippen LogP contribution in [-0.4, -0.2) is 41.3 Å². The van der Waals surface area contributed by atoms with Crippen molar-refractivity contribution in [2.24, 2.45) is 0 Å². The van der Waals surface area contributed by atoms with E-state index in [2.05, 4.69) is 12.2 Å². The maximum Gasteiger partial charge on any atom is 0.410 e. The minimum Gasteiger partial charge on any atom is -0.444 e. The van der Waals surface area contributed by atoms with Crippen LogP contribution in [0.4, 0.5) is 4.79 Å². The predicted molar refractivity (Wildman–Crippen MR) is 62.4 cm³/mol. The molecule has 0 spiro atoms. The maximum atomic E-state index is 12.1. The van der Waals surface area contributed by atoms with E-state index in [1.165, 1.54) is 0 Å². The Bertz CT molecular complexity index is 288. The summed E-state index contributed by atoms with van der Waals surface area (Å²) in [4.78, 5) is 14.0. The molecule has 0 aliphatic carbocycles. The summed E-state index contributed by atoms with van der Waals surface area (Å²) in [6, 6.07) is 0.453. The quantitative estimate of drug-likeness (QED) is 0.684. The Labute approximate surface area is 97.3 Å². The van der Waals surface area contributed by atoms with Gasteiger partial charge in [0.1, 0.15) is 5.60 Å². The molecule has 0 radical (unpaired) electrons. The van der Waals surface area contributed by atoms with Crippen LogP contribution in [-0.2, 0) is 4.74 Å². The number of amides is 1. The molecule has 0 unspecified atom stereocenters. The van der Waals surface area contributed by atoms with Crippen molar-refractivity contribution in [3.05, 3.63) is 0 Å². The number of piperidine rings is 2. The first-order chi connectivity index (χ1) is 7.30. The summed E-state index contributed by atoms with van der Waals surface area (Å²) in [6.07, 6.45) is 2.07. The van der Waals surface area contributed by atoms with Gasteiger partial charge >= 0.3 is 6.09 Å². The Balaban J connectivity index is 2.07. The van der Waals surface area contributed by atoms with Gasteiger partial charge in [0.15, 0.2) is 0 Å². The third kappa shape index (κ3) is 2.17. The molecule has 1 N–H and O–H groups in total. The predicted octanol–water partition coefficient (Wildman–Crippen LogP) is 1.75. The number of ether oxygens (including phenoxy) is 1. The lowest BCUT2D eigenvalue weighted by Gasteiger charge is -2.52. The smallest absolute Gasteiger partial charge is 0.410 e. The van der Waals surface area contributed by atoms with Crippen LogP contribution in [0.25, 0.3) is 0 Å². The minimum atomic E-state index is -0.405. The zero-order valence-corrected chi connectivity index (χ0v) is 10.7. The van der Waals surface area contributed by atoms with Crippen LogP contribution in [0.5, 0.6) is 0 Å². The lowest BCUT2D eigenvalue weighted by atomic mass is 9.82. The van der Waals surface area contributed by atoms with Gasteiger partial charge in [-0.05, 0) is 40.5 Å². The largest absolute Gasteiger partial charge is 0.444 e. The second-order valence-corrected chi connectivity index (χ2v) is 6.20. The molecule has 0 aromatic heterocycles. The lowest BCUT2D eigenvalue weighted by molar-refractivity contribution is -0.0334. The van der Waals surface area contributed by atoms with Crippen LogP contribution in [0, 0.1) is 0 Å². The van der Waals surface area contributed by atoms with E-state index in [1.807, 2.05) is 25.7 Å². The summed E-state index contributed by atoms with van der Waals surface area (Å²) in [5.41, 5.74) is -0.464. The van der Waals surface area contributed by atoms with Crippen molar-refractivity contribution in [3.8, 4) is 0 Å². The number of carbonyl (C=O) groups excluding carboxylic acids is 1. The lowest BCUT2D eigenvalue weighted by Crippen LogP contribution is -2.69. The van der Waals surface area contributed by atoms with E-state index in [-0.39, 0.29) is 11.6 Å². The first-order valence-electron chi connectivity index (χ1n) is 6.04. The molecule has 3 fully saturated rings. The van der Waals surface area contributed by atoms with Crippen LogP contribution in [0.1, 0.15) is 40.5 Å². The van der Waals surface area contributed by atoms with E-state index in [1.54, 1.807) is 0 Å². The number of hydrogen-bond donors (Lipinski definition) is 1. The molecule has 4 heteroatoms. The summed E-state index contributed by atoms with van der Waals surface area (Å²) >= 11 is 0. The molecular formula is C12H22N2O2. The second kappa shape index (κ2) is 3.62. The van der Waals surface area contributed by atoms with E-state index in [0.29, 0.717) is 6.04 Å². The van der Waals surface area contributed by atoms with Gasteiger partial charge in [-0.3, -0.25) is 4.90 Å². The first-order valence-corrected chi connectivity index (χ1v) is 6.04. The highest BCUT2D eigenvalue weighted by Crippen LogP contribution is 2.33. The van der Waals surface area contributed by atoms with Crippen molar-refractivity contribution >= 4 is 6.09 Å². The molecule has 2 atom stereocenters. The van der Waals surface area contributed by atoms with Gasteiger partial charge in [-0.25, -0.2) is 4.79 Å². The van der Waals surface area contributed by atoms with Crippen LogP contribution < -0.4 is 5.32 Å². The van der Waals surface area contributed by atoms with E-state index in [9.17, 15) is 4.79 Å². The topological polar surface area (TPSA) is 41.6 Å². The zero-order chi connectivity index (χ0) is 12.0. The Morgan fingerprint density at radius 3 is 2.62 bits per heavy atom. The fraction of sp³-hybridized carbons (Fsp3) is 0.917. The molecule has 2 bridgehead atoms. The molecule has 1 amide bonds. The highest BCUT2D eigenvalue weighted by Gasteiger charge is 2.46. The van der Waals surface area contributed by atoms with E-state index in [4.69, 9.17) is 4.74 Å². The molecule has 0 aromatic rings. The number of rotatable bonds is 0. The number of nitrogens with zero attached hydrogens (tertiary/aromatic N) is 1. The third-order valence-corrected chi connectivity index (χ3v) is 3.47. The van der Waals surface area contributed by atoms with Crippen LogP contribution in [0.3, 0.4) is 0 Å². The fourth-order valence-corrected chi connectivity index (χ4v) is 2.48. The number of piperazine rings is 1. The molecule has 3 saturated heterocycles. The summed E-state index contributed by atoms with van der Waals surface area (Å²) in [7, 11) is 0. The van der Waals surface area contributed by atoms with E-state index >= 15 is 0 Å². The maximum absolute atomic E-state index is 12.1. The number of fused-ring (bicyclic) bond motifs is 3. The molecule has 92 valence electrons. The SMILES string of the molecule is CC(C)(C)OC(=O)N1C[C@@H]2CC[C@]1(C)CN2. The normalized spacial score (nSPS) is 34.0. The monoisotopic (exact) mass is 226 g/mol. The van der Waals surface area contributed by atoms with Crippen molar-refractivity contribution in [1.29, 1.82) is 0 Å². The highest BCUT2D eigenvalue weighted by atomic mass is 16.6. The average molecular weight is 226 g/mol. The van der Waals surface area contributed by atoms with Crippen LogP contribution >= 0.6 is 0 Å². The molecule has 3 heterocycles. The third-order valence-electron chi connectivity index (χ3n) is 3.47. The van der Waals surface area contributed by atoms with E-state index < -0.39 is 5.60 Å². The van der Waals surface area contributed by atoms with Gasteiger partial charge in [-0.15, -0.1) is 0 Å². The van der Waals surface area contributed by atoms with Gasteiger partial charge in [0.05, 0.1) is 5.54 Å². The number of carbonyl (C=O) groups is 1. The Morgan fingerprint density at radius 2 is 2.19 bits per heavy atom. The van der Waals surface area contributed by atoms with Gasteiger partial charge in [0.25, 0.3) is 0 Å². The molecule has 4 nitrogen and oxygen atoms in total. The van der Waals surface area contributed by atoms with Gasteiger partial charge < -0.3 is 10.1 Å². The van der Waals surface area contributed by atoms with Gasteiger partial charge in [0, 0.05) is 19.1 Å². The van der Waals surface area contributed by atoms with Gasteiger partial charge in [-0.1, -0.05) is 0 Å². The van der Waals surface area contributed by atoms with Crippen molar-refractivity contribution in [2.75, 3.05) is 13.1 Å². The molecule has 0 saturated carbocycles. The summed E-state index contributed by atoms with van der Waals surface area (Å²) in [5, 5.41) is 3.46. The van der Waals surface area contributed by atoms with Gasteiger partial charge in [0.2, 0.25) is 0 Å². The molecule has 16 heavy (non-hydrogen) atoms. The molecule has 3 aliphatic heterocycles. The summed E-state index contributed by atoms with van der Waals surface area (Å²) in [6.45, 7) is 9.54. The second-order valence-electron chi connectivity index (χ2n) is 6.20. The van der Waals surface area contributed by atoms with Gasteiger partial charge in [-0.2, -0.15) is 0 Å².